The van der Waals surface area contributed by atoms with Crippen LogP contribution in [0.25, 0.3) is 28.7 Å². The van der Waals surface area contributed by atoms with Gasteiger partial charge < -0.3 is 0 Å². The fourth-order valence-electron chi connectivity index (χ4n) is 3.01. The molecule has 0 aliphatic rings. The van der Waals surface area contributed by atoms with Crippen LogP contribution < -0.4 is 5.56 Å². The Labute approximate surface area is 164 Å². The molecule has 7 heteroatoms. The van der Waals surface area contributed by atoms with Gasteiger partial charge in [0.05, 0.1) is 21.5 Å². The summed E-state index contributed by atoms with van der Waals surface area (Å²) in [5.74, 6) is -0.112. The van der Waals surface area contributed by atoms with Crippen molar-refractivity contribution in [3.63, 3.8) is 0 Å². The number of nitro groups is 1. The molecular formula is C22H14FN3O3. The highest BCUT2D eigenvalue weighted by molar-refractivity contribution is 5.80. The van der Waals surface area contributed by atoms with Crippen molar-refractivity contribution in [1.29, 1.82) is 0 Å². The van der Waals surface area contributed by atoms with Gasteiger partial charge in [-0.05, 0) is 42.5 Å². The lowest BCUT2D eigenvalue weighted by molar-refractivity contribution is -0.384. The van der Waals surface area contributed by atoms with E-state index >= 15 is 0 Å². The van der Waals surface area contributed by atoms with Crippen LogP contribution in [-0.4, -0.2) is 14.5 Å². The molecule has 29 heavy (non-hydrogen) atoms. The maximum Gasteiger partial charge on any atom is 0.269 e. The number of nitrogens with zero attached hydrogens (tertiary/aromatic N) is 3. The molecule has 0 atom stereocenters. The van der Waals surface area contributed by atoms with E-state index in [-0.39, 0.29) is 17.1 Å². The lowest BCUT2D eigenvalue weighted by Gasteiger charge is -2.11. The maximum absolute atomic E-state index is 14.0. The largest absolute Gasteiger partial charge is 0.269 e. The van der Waals surface area contributed by atoms with Crippen molar-refractivity contribution in [3.8, 4) is 5.69 Å². The summed E-state index contributed by atoms with van der Waals surface area (Å²) in [5.41, 5.74) is 0.873. The number of aromatic nitrogens is 2. The summed E-state index contributed by atoms with van der Waals surface area (Å²) in [6.45, 7) is 0. The molecule has 0 bridgehead atoms. The number of non-ortho nitro benzene ring substituents is 1. The van der Waals surface area contributed by atoms with Gasteiger partial charge >= 0.3 is 0 Å². The first-order chi connectivity index (χ1) is 14.0. The van der Waals surface area contributed by atoms with Crippen LogP contribution in [0.1, 0.15) is 11.4 Å². The van der Waals surface area contributed by atoms with Crippen LogP contribution in [0.15, 0.2) is 77.6 Å². The highest BCUT2D eigenvalue weighted by Gasteiger charge is 2.13. The van der Waals surface area contributed by atoms with Crippen molar-refractivity contribution < 1.29 is 9.31 Å². The normalized spacial score (nSPS) is 11.2. The van der Waals surface area contributed by atoms with Crippen molar-refractivity contribution in [1.82, 2.24) is 9.55 Å². The van der Waals surface area contributed by atoms with Gasteiger partial charge in [-0.25, -0.2) is 9.37 Å². The minimum Gasteiger partial charge on any atom is -0.268 e. The van der Waals surface area contributed by atoms with Crippen LogP contribution in [0, 0.1) is 15.9 Å². The van der Waals surface area contributed by atoms with Gasteiger partial charge in [-0.1, -0.05) is 30.3 Å². The van der Waals surface area contributed by atoms with Crippen LogP contribution in [0.2, 0.25) is 0 Å². The van der Waals surface area contributed by atoms with Crippen molar-refractivity contribution in [3.05, 3.63) is 110 Å². The first-order valence-electron chi connectivity index (χ1n) is 8.74. The van der Waals surface area contributed by atoms with Gasteiger partial charge in [-0.2, -0.15) is 0 Å². The van der Waals surface area contributed by atoms with E-state index in [1.165, 1.54) is 41.0 Å². The molecule has 0 aliphatic carbocycles. The van der Waals surface area contributed by atoms with Crippen molar-refractivity contribution >= 4 is 28.7 Å². The second kappa shape index (κ2) is 7.47. The molecule has 0 saturated heterocycles. The lowest BCUT2D eigenvalue weighted by Crippen LogP contribution is -2.22. The molecule has 0 saturated carbocycles. The molecule has 6 nitrogen and oxygen atoms in total. The van der Waals surface area contributed by atoms with Crippen molar-refractivity contribution in [2.24, 2.45) is 0 Å². The van der Waals surface area contributed by atoms with E-state index in [4.69, 9.17) is 0 Å². The second-order valence-electron chi connectivity index (χ2n) is 6.26. The Morgan fingerprint density at radius 3 is 2.34 bits per heavy atom. The average molecular weight is 387 g/mol. The number of halogens is 1. The topological polar surface area (TPSA) is 78.0 Å². The van der Waals surface area contributed by atoms with Gasteiger partial charge in [0.1, 0.15) is 11.6 Å². The third-order valence-corrected chi connectivity index (χ3v) is 4.44. The smallest absolute Gasteiger partial charge is 0.268 e. The zero-order valence-electron chi connectivity index (χ0n) is 15.0. The number of benzene rings is 3. The Balaban J connectivity index is 1.92. The molecule has 0 radical (unpaired) electrons. The number of hydrogen-bond acceptors (Lipinski definition) is 4. The summed E-state index contributed by atoms with van der Waals surface area (Å²) in [6.07, 6.45) is 3.08. The van der Waals surface area contributed by atoms with Crippen LogP contribution in [0.5, 0.6) is 0 Å². The molecule has 1 aromatic heterocycles. The first-order valence-corrected chi connectivity index (χ1v) is 8.74. The SMILES string of the molecule is O=c1c2ccccc2nc(C=Cc2ccccc2F)n1-c1ccc([N+](=O)[O-])cc1. The molecule has 1 heterocycles. The number of nitro benzene ring substituents is 1. The van der Waals surface area contributed by atoms with Gasteiger partial charge in [-0.3, -0.25) is 19.5 Å². The van der Waals surface area contributed by atoms with Gasteiger partial charge in [0, 0.05) is 17.7 Å². The summed E-state index contributed by atoms with van der Waals surface area (Å²) >= 11 is 0. The number of fused-ring (bicyclic) bond motifs is 1. The Morgan fingerprint density at radius 1 is 0.931 bits per heavy atom. The van der Waals surface area contributed by atoms with E-state index in [0.717, 1.165) is 0 Å². The van der Waals surface area contributed by atoms with E-state index in [1.807, 2.05) is 0 Å². The van der Waals surface area contributed by atoms with E-state index in [0.29, 0.717) is 22.2 Å². The third kappa shape index (κ3) is 3.53. The van der Waals surface area contributed by atoms with Crippen LogP contribution in [-0.2, 0) is 0 Å². The molecule has 0 fully saturated rings. The fraction of sp³-hybridized carbons (Fsp3) is 0. The minimum atomic E-state index is -0.510. The van der Waals surface area contributed by atoms with Crippen LogP contribution in [0.3, 0.4) is 0 Å². The Kier molecular flexibility index (Phi) is 4.70. The van der Waals surface area contributed by atoms with E-state index in [9.17, 15) is 19.3 Å². The van der Waals surface area contributed by atoms with Crippen LogP contribution >= 0.6 is 0 Å². The van der Waals surface area contributed by atoms with Crippen molar-refractivity contribution in [2.45, 2.75) is 0 Å². The quantitative estimate of drug-likeness (QED) is 0.379. The second-order valence-corrected chi connectivity index (χ2v) is 6.26. The summed E-state index contributed by atoms with van der Waals surface area (Å²) in [6, 6.07) is 18.8. The Bertz CT molecular complexity index is 1310. The minimum absolute atomic E-state index is 0.0843. The lowest BCUT2D eigenvalue weighted by atomic mass is 10.2. The Hall–Kier alpha value is -4.13. The monoisotopic (exact) mass is 387 g/mol. The maximum atomic E-state index is 14.0. The molecule has 0 amide bonds. The summed E-state index contributed by atoms with van der Waals surface area (Å²) < 4.78 is 15.3. The standard InChI is InChI=1S/C22H14FN3O3/c23-19-7-3-1-5-15(19)9-14-21-24-20-8-4-2-6-18(20)22(27)25(21)16-10-12-17(13-11-16)26(28)29/h1-14H. The first kappa shape index (κ1) is 18.2. The predicted octanol–water partition coefficient (Wildman–Crippen LogP) is 4.60. The number of rotatable bonds is 4. The summed E-state index contributed by atoms with van der Waals surface area (Å²) in [7, 11) is 0. The fourth-order valence-corrected chi connectivity index (χ4v) is 3.01. The summed E-state index contributed by atoms with van der Waals surface area (Å²) in [5, 5.41) is 11.3. The molecule has 4 aromatic rings. The van der Waals surface area contributed by atoms with Gasteiger partial charge in [0.25, 0.3) is 11.2 Å². The molecule has 142 valence electrons. The van der Waals surface area contributed by atoms with E-state index in [1.54, 1.807) is 48.5 Å². The highest BCUT2D eigenvalue weighted by Crippen LogP contribution is 2.19. The Morgan fingerprint density at radius 2 is 1.62 bits per heavy atom. The van der Waals surface area contributed by atoms with E-state index in [2.05, 4.69) is 4.98 Å². The van der Waals surface area contributed by atoms with Gasteiger partial charge in [0.2, 0.25) is 0 Å². The zero-order chi connectivity index (χ0) is 20.4. The van der Waals surface area contributed by atoms with Gasteiger partial charge in [0.15, 0.2) is 0 Å². The number of hydrogen-bond donors (Lipinski definition) is 0. The molecule has 0 spiro atoms. The van der Waals surface area contributed by atoms with Gasteiger partial charge in [-0.15, -0.1) is 0 Å². The van der Waals surface area contributed by atoms with Crippen LogP contribution in [0.4, 0.5) is 10.1 Å². The molecular weight excluding hydrogens is 373 g/mol. The number of para-hydroxylation sites is 1. The molecule has 0 unspecified atom stereocenters. The molecule has 4 rings (SSSR count). The predicted molar refractivity (Wildman–Crippen MR) is 109 cm³/mol. The molecule has 0 aliphatic heterocycles. The third-order valence-electron chi connectivity index (χ3n) is 4.44. The highest BCUT2D eigenvalue weighted by atomic mass is 19.1. The molecule has 0 N–H and O–H groups in total. The molecule has 3 aromatic carbocycles. The zero-order valence-corrected chi connectivity index (χ0v) is 15.0. The summed E-state index contributed by atoms with van der Waals surface area (Å²) in [4.78, 5) is 28.1. The van der Waals surface area contributed by atoms with Crippen molar-refractivity contribution in [2.75, 3.05) is 0 Å². The van der Waals surface area contributed by atoms with E-state index < -0.39 is 10.7 Å². The average Bonchev–Trinajstić information content (AvgIpc) is 2.73.